The van der Waals surface area contributed by atoms with Gasteiger partial charge in [-0.05, 0) is 154 Å². The third-order valence-electron chi connectivity index (χ3n) is 14.3. The Morgan fingerprint density at radius 1 is 0.644 bits per heavy atom. The molecule has 316 valence electrons. The fourth-order valence-corrected chi connectivity index (χ4v) is 11.3. The molecular formula is C49H54F6O4. The van der Waals surface area contributed by atoms with Gasteiger partial charge >= 0.3 is 18.3 Å². The van der Waals surface area contributed by atoms with Crippen molar-refractivity contribution in [2.45, 2.75) is 131 Å². The Labute approximate surface area is 343 Å². The molecule has 0 bridgehead atoms. The topological polar surface area (TPSA) is 66.8 Å². The third kappa shape index (κ3) is 8.33. The molecule has 4 aromatic rings. The Balaban J connectivity index is 0.000000180. The second-order valence-corrected chi connectivity index (χ2v) is 17.8. The molecule has 2 N–H and O–H groups in total. The number of hydrogen-bond acceptors (Lipinski definition) is 4. The zero-order chi connectivity index (χ0) is 42.3. The van der Waals surface area contributed by atoms with Crippen molar-refractivity contribution in [3.63, 3.8) is 0 Å². The van der Waals surface area contributed by atoms with Gasteiger partial charge in [-0.3, -0.25) is 0 Å². The van der Waals surface area contributed by atoms with Crippen LogP contribution in [0.15, 0.2) is 97.1 Å². The van der Waals surface area contributed by atoms with E-state index in [2.05, 4.69) is 37.3 Å². The quantitative estimate of drug-likeness (QED) is 0.155. The van der Waals surface area contributed by atoms with Crippen molar-refractivity contribution in [1.82, 2.24) is 0 Å². The molecule has 2 saturated carbocycles. The van der Waals surface area contributed by atoms with Crippen molar-refractivity contribution >= 4 is 5.97 Å². The summed E-state index contributed by atoms with van der Waals surface area (Å²) in [5, 5.41) is 21.0. The lowest BCUT2D eigenvalue weighted by atomic mass is 9.56. The summed E-state index contributed by atoms with van der Waals surface area (Å²) in [4.78, 5) is 12.1. The highest BCUT2D eigenvalue weighted by molar-refractivity contribution is 5.89. The van der Waals surface area contributed by atoms with E-state index in [-0.39, 0.29) is 49.4 Å². The zero-order valence-corrected chi connectivity index (χ0v) is 33.8. The first-order valence-electron chi connectivity index (χ1n) is 20.9. The average Bonchev–Trinajstić information content (AvgIpc) is 3.44. The number of ether oxygens (including phenoxy) is 1. The van der Waals surface area contributed by atoms with Gasteiger partial charge in [0.05, 0.1) is 12.7 Å². The number of carbonyl (C=O) groups excluding carboxylic acids is 1. The summed E-state index contributed by atoms with van der Waals surface area (Å²) in [5.41, 5.74) is 2.28. The molecule has 6 atom stereocenters. The van der Waals surface area contributed by atoms with E-state index < -0.39 is 34.9 Å². The van der Waals surface area contributed by atoms with Gasteiger partial charge in [0.25, 0.3) is 0 Å². The van der Waals surface area contributed by atoms with Crippen molar-refractivity contribution in [2.75, 3.05) is 7.11 Å². The van der Waals surface area contributed by atoms with E-state index in [4.69, 9.17) is 4.74 Å². The lowest BCUT2D eigenvalue weighted by molar-refractivity contribution is -0.279. The fourth-order valence-electron chi connectivity index (χ4n) is 11.3. The smallest absolute Gasteiger partial charge is 0.417 e. The molecule has 10 heteroatoms. The minimum absolute atomic E-state index is 0.183. The minimum Gasteiger partial charge on any atom is -0.465 e. The summed E-state index contributed by atoms with van der Waals surface area (Å²) in [6.07, 6.45) is -3.82. The Morgan fingerprint density at radius 3 is 1.53 bits per heavy atom. The first-order valence-corrected chi connectivity index (χ1v) is 20.9. The van der Waals surface area contributed by atoms with E-state index in [0.717, 1.165) is 47.9 Å². The van der Waals surface area contributed by atoms with Crippen molar-refractivity contribution in [1.29, 1.82) is 0 Å². The van der Waals surface area contributed by atoms with Crippen molar-refractivity contribution in [2.24, 2.45) is 11.8 Å². The molecule has 4 aliphatic carbocycles. The van der Waals surface area contributed by atoms with E-state index in [0.29, 0.717) is 37.7 Å². The zero-order valence-electron chi connectivity index (χ0n) is 33.8. The number of halogens is 6. The SMILES string of the molecule is COC(=O)c1ccc2c(c1)CCC[C@@H]1C[C@@](O)(C(F)(F)F)CC[C@@]21Cc1ccccc1.Cc1ccc2c(c1)CCC[C@@H]1C[C@@](O)(C(F)(F)F)CC[C@@]21Cc1ccccc1. The van der Waals surface area contributed by atoms with E-state index in [1.807, 2.05) is 60.7 Å². The molecule has 0 aromatic heterocycles. The van der Waals surface area contributed by atoms with Gasteiger partial charge in [-0.1, -0.05) is 90.5 Å². The van der Waals surface area contributed by atoms with E-state index in [9.17, 15) is 41.4 Å². The van der Waals surface area contributed by atoms with Crippen LogP contribution in [0.3, 0.4) is 0 Å². The van der Waals surface area contributed by atoms with Gasteiger partial charge in [-0.25, -0.2) is 4.79 Å². The fraction of sp³-hybridized carbons (Fsp3) is 0.490. The number of rotatable bonds is 5. The summed E-state index contributed by atoms with van der Waals surface area (Å²) < 4.78 is 86.9. The van der Waals surface area contributed by atoms with Crippen LogP contribution in [-0.2, 0) is 41.3 Å². The number of carbonyl (C=O) groups is 1. The van der Waals surface area contributed by atoms with Gasteiger partial charge in [0, 0.05) is 10.8 Å². The van der Waals surface area contributed by atoms with E-state index in [1.54, 1.807) is 6.07 Å². The monoisotopic (exact) mass is 820 g/mol. The molecule has 0 radical (unpaired) electrons. The number of aliphatic hydroxyl groups is 2. The molecule has 4 nitrogen and oxygen atoms in total. The maximum absolute atomic E-state index is 13.7. The molecule has 0 saturated heterocycles. The normalized spacial score (nSPS) is 29.2. The number of methoxy groups -OCH3 is 1. The van der Waals surface area contributed by atoms with Gasteiger partial charge in [0.1, 0.15) is 0 Å². The second kappa shape index (κ2) is 16.4. The minimum atomic E-state index is -4.64. The summed E-state index contributed by atoms with van der Waals surface area (Å²) >= 11 is 0. The molecule has 0 aliphatic heterocycles. The van der Waals surface area contributed by atoms with Gasteiger partial charge in [-0.2, -0.15) is 26.3 Å². The highest BCUT2D eigenvalue weighted by atomic mass is 19.4. The maximum Gasteiger partial charge on any atom is 0.417 e. The summed E-state index contributed by atoms with van der Waals surface area (Å²) in [7, 11) is 1.33. The van der Waals surface area contributed by atoms with Crippen LogP contribution in [-0.4, -0.2) is 46.8 Å². The summed E-state index contributed by atoms with van der Waals surface area (Å²) in [6, 6.07) is 31.8. The van der Waals surface area contributed by atoms with Crippen molar-refractivity contribution in [3.05, 3.63) is 142 Å². The van der Waals surface area contributed by atoms with Gasteiger partial charge in [0.15, 0.2) is 11.2 Å². The Hall–Kier alpha value is -4.15. The van der Waals surface area contributed by atoms with Crippen LogP contribution >= 0.6 is 0 Å². The maximum atomic E-state index is 13.7. The number of fused-ring (bicyclic) bond motifs is 6. The van der Waals surface area contributed by atoms with Gasteiger partial charge < -0.3 is 14.9 Å². The highest BCUT2D eigenvalue weighted by Crippen LogP contribution is 2.58. The molecule has 4 aliphatic rings. The van der Waals surface area contributed by atoms with Crippen LogP contribution < -0.4 is 0 Å². The lowest BCUT2D eigenvalue weighted by Crippen LogP contribution is -2.55. The summed E-state index contributed by atoms with van der Waals surface area (Å²) in [6.45, 7) is 2.07. The largest absolute Gasteiger partial charge is 0.465 e. The van der Waals surface area contributed by atoms with Crippen LogP contribution in [0.5, 0.6) is 0 Å². The van der Waals surface area contributed by atoms with Crippen LogP contribution in [0.2, 0.25) is 0 Å². The van der Waals surface area contributed by atoms with Crippen LogP contribution in [0.25, 0.3) is 0 Å². The Morgan fingerprint density at radius 2 is 1.08 bits per heavy atom. The van der Waals surface area contributed by atoms with Crippen molar-refractivity contribution < 1.29 is 46.1 Å². The Kier molecular flexibility index (Phi) is 11.9. The van der Waals surface area contributed by atoms with Crippen LogP contribution in [0.1, 0.15) is 114 Å². The molecule has 8 rings (SSSR count). The molecule has 0 amide bonds. The first kappa shape index (κ1) is 43.0. The number of aryl methyl sites for hydroxylation is 3. The molecule has 0 spiro atoms. The number of benzene rings is 4. The van der Waals surface area contributed by atoms with Gasteiger partial charge in [0.2, 0.25) is 0 Å². The van der Waals surface area contributed by atoms with Gasteiger partial charge in [-0.15, -0.1) is 0 Å². The predicted octanol–water partition coefficient (Wildman–Crippen LogP) is 11.3. The standard InChI is InChI=1S/C25H27F3O3.C24H27F3O/c1-31-22(29)19-10-11-21-18(14-19)8-5-9-20-16-24(30,25(26,27)28)13-12-23(20,21)15-17-6-3-2-4-7-17;1-17-10-11-21-19(14-17)8-5-9-20-16-23(28,24(25,26)27)13-12-22(20,21)15-18-6-3-2-4-7-18/h2-4,6-7,10-11,14,20,30H,5,8-9,12-13,15-16H2,1H3;2-4,6-7,10-11,14,20,28H,5,8-9,12-13,15-16H2,1H3/t20-,23+,24-;20-,22+,23-/m11/s1. The Bertz CT molecular complexity index is 2100. The molecular weight excluding hydrogens is 767 g/mol. The van der Waals surface area contributed by atoms with Crippen LogP contribution in [0, 0.1) is 18.8 Å². The second-order valence-electron chi connectivity index (χ2n) is 17.8. The molecule has 59 heavy (non-hydrogen) atoms. The number of esters is 1. The number of alkyl halides is 6. The highest BCUT2D eigenvalue weighted by Gasteiger charge is 2.62. The van der Waals surface area contributed by atoms with Crippen LogP contribution in [0.4, 0.5) is 26.3 Å². The third-order valence-corrected chi connectivity index (χ3v) is 14.3. The van der Waals surface area contributed by atoms with Crippen molar-refractivity contribution in [3.8, 4) is 0 Å². The average molecular weight is 821 g/mol. The molecule has 2 fully saturated rings. The lowest BCUT2D eigenvalue weighted by Gasteiger charge is -2.50. The first-order chi connectivity index (χ1) is 27.9. The summed E-state index contributed by atoms with van der Waals surface area (Å²) in [5.74, 6) is -0.911. The molecule has 4 aromatic carbocycles. The predicted molar refractivity (Wildman–Crippen MR) is 215 cm³/mol. The molecule has 0 heterocycles. The van der Waals surface area contributed by atoms with E-state index >= 15 is 0 Å². The number of hydrogen-bond donors (Lipinski definition) is 2. The van der Waals surface area contributed by atoms with E-state index in [1.165, 1.54) is 23.8 Å². The molecule has 0 unspecified atom stereocenters.